The van der Waals surface area contributed by atoms with Crippen LogP contribution in [-0.2, 0) is 14.3 Å². The fourth-order valence-corrected chi connectivity index (χ4v) is 2.35. The molecular formula is C14H27NO3. The monoisotopic (exact) mass is 257 g/mol. The third-order valence-corrected chi connectivity index (χ3v) is 3.65. The predicted octanol–water partition coefficient (Wildman–Crippen LogP) is 2.08. The van der Waals surface area contributed by atoms with Crippen LogP contribution in [0.3, 0.4) is 0 Å². The Kier molecular flexibility index (Phi) is 6.65. The molecule has 4 nitrogen and oxygen atoms in total. The third-order valence-electron chi connectivity index (χ3n) is 3.65. The smallest absolute Gasteiger partial charge is 0.222 e. The van der Waals surface area contributed by atoms with Crippen LogP contribution in [0.5, 0.6) is 0 Å². The van der Waals surface area contributed by atoms with E-state index in [1.807, 2.05) is 11.8 Å². The van der Waals surface area contributed by atoms with E-state index < -0.39 is 0 Å². The summed E-state index contributed by atoms with van der Waals surface area (Å²) in [6, 6.07) is 0. The molecule has 0 aromatic heterocycles. The van der Waals surface area contributed by atoms with Gasteiger partial charge in [0.2, 0.25) is 5.91 Å². The Morgan fingerprint density at radius 1 is 1.39 bits per heavy atom. The minimum Gasteiger partial charge on any atom is -0.383 e. The van der Waals surface area contributed by atoms with Gasteiger partial charge in [-0.15, -0.1) is 0 Å². The first-order chi connectivity index (χ1) is 8.61. The highest BCUT2D eigenvalue weighted by atomic mass is 16.5. The van der Waals surface area contributed by atoms with E-state index in [0.717, 1.165) is 39.0 Å². The Balaban J connectivity index is 2.55. The second-order valence-corrected chi connectivity index (χ2v) is 5.48. The number of methoxy groups -OCH3 is 1. The van der Waals surface area contributed by atoms with E-state index in [9.17, 15) is 4.79 Å². The number of ether oxygens (including phenoxy) is 2. The fourth-order valence-electron chi connectivity index (χ4n) is 2.35. The molecule has 0 radical (unpaired) electrons. The maximum Gasteiger partial charge on any atom is 0.222 e. The van der Waals surface area contributed by atoms with E-state index in [2.05, 4.69) is 6.92 Å². The average molecular weight is 257 g/mol. The normalized spacial score (nSPS) is 18.6. The van der Waals surface area contributed by atoms with Gasteiger partial charge in [-0.3, -0.25) is 4.79 Å². The molecule has 0 atom stereocenters. The summed E-state index contributed by atoms with van der Waals surface area (Å²) in [7, 11) is 1.68. The Morgan fingerprint density at radius 2 is 2.06 bits per heavy atom. The molecule has 18 heavy (non-hydrogen) atoms. The second-order valence-electron chi connectivity index (χ2n) is 5.48. The summed E-state index contributed by atoms with van der Waals surface area (Å²) in [6.45, 7) is 8.08. The van der Waals surface area contributed by atoms with Crippen molar-refractivity contribution in [2.45, 2.75) is 39.5 Å². The molecule has 1 heterocycles. The van der Waals surface area contributed by atoms with Crippen molar-refractivity contribution in [3.63, 3.8) is 0 Å². The van der Waals surface area contributed by atoms with Gasteiger partial charge in [0.25, 0.3) is 0 Å². The lowest BCUT2D eigenvalue weighted by atomic mass is 9.82. The van der Waals surface area contributed by atoms with Crippen LogP contribution in [0.2, 0.25) is 0 Å². The Labute approximate surface area is 111 Å². The molecule has 0 saturated carbocycles. The van der Waals surface area contributed by atoms with Crippen LogP contribution in [0, 0.1) is 5.41 Å². The van der Waals surface area contributed by atoms with Gasteiger partial charge in [0.05, 0.1) is 6.61 Å². The molecule has 1 saturated heterocycles. The zero-order valence-corrected chi connectivity index (χ0v) is 12.0. The third kappa shape index (κ3) is 4.94. The van der Waals surface area contributed by atoms with Crippen LogP contribution in [0.1, 0.15) is 39.5 Å². The molecule has 1 aliphatic rings. The van der Waals surface area contributed by atoms with E-state index in [1.54, 1.807) is 7.11 Å². The Bertz CT molecular complexity index is 249. The van der Waals surface area contributed by atoms with Crippen molar-refractivity contribution in [1.82, 2.24) is 4.90 Å². The summed E-state index contributed by atoms with van der Waals surface area (Å²) in [5.74, 6) is 0.252. The van der Waals surface area contributed by atoms with Gasteiger partial charge in [-0.2, -0.15) is 0 Å². The predicted molar refractivity (Wildman–Crippen MR) is 71.5 cm³/mol. The van der Waals surface area contributed by atoms with E-state index in [4.69, 9.17) is 9.47 Å². The fraction of sp³-hybridized carbons (Fsp3) is 0.929. The SMILES string of the molecule is CCCC(=O)N(CCOC)CC1(C)CCOCC1. The highest BCUT2D eigenvalue weighted by molar-refractivity contribution is 5.76. The first kappa shape index (κ1) is 15.4. The molecule has 4 heteroatoms. The van der Waals surface area contributed by atoms with Gasteiger partial charge in [-0.05, 0) is 24.7 Å². The van der Waals surface area contributed by atoms with Crippen LogP contribution >= 0.6 is 0 Å². The quantitative estimate of drug-likeness (QED) is 0.701. The summed E-state index contributed by atoms with van der Waals surface area (Å²) in [6.07, 6.45) is 3.62. The lowest BCUT2D eigenvalue weighted by molar-refractivity contribution is -0.134. The molecule has 0 aromatic carbocycles. The highest BCUT2D eigenvalue weighted by Gasteiger charge is 2.30. The topological polar surface area (TPSA) is 38.8 Å². The second kappa shape index (κ2) is 7.74. The summed E-state index contributed by atoms with van der Waals surface area (Å²) >= 11 is 0. The zero-order chi connectivity index (χ0) is 13.4. The van der Waals surface area contributed by atoms with Gasteiger partial charge in [0.1, 0.15) is 0 Å². The molecule has 1 fully saturated rings. The van der Waals surface area contributed by atoms with Crippen molar-refractivity contribution in [2.24, 2.45) is 5.41 Å². The Hall–Kier alpha value is -0.610. The number of carbonyl (C=O) groups is 1. The van der Waals surface area contributed by atoms with E-state index in [-0.39, 0.29) is 11.3 Å². The van der Waals surface area contributed by atoms with Gasteiger partial charge in [-0.25, -0.2) is 0 Å². The number of amides is 1. The molecule has 0 aromatic rings. The summed E-state index contributed by atoms with van der Waals surface area (Å²) in [5, 5.41) is 0. The lowest BCUT2D eigenvalue weighted by Crippen LogP contribution is -2.43. The van der Waals surface area contributed by atoms with Crippen molar-refractivity contribution in [3.05, 3.63) is 0 Å². The summed E-state index contributed by atoms with van der Waals surface area (Å²) < 4.78 is 10.5. The van der Waals surface area contributed by atoms with Crippen LogP contribution in [-0.4, -0.2) is 50.8 Å². The van der Waals surface area contributed by atoms with Crippen molar-refractivity contribution in [1.29, 1.82) is 0 Å². The number of hydrogen-bond acceptors (Lipinski definition) is 3. The van der Waals surface area contributed by atoms with Crippen LogP contribution in [0.25, 0.3) is 0 Å². The van der Waals surface area contributed by atoms with E-state index in [1.165, 1.54) is 0 Å². The van der Waals surface area contributed by atoms with Crippen LogP contribution in [0.4, 0.5) is 0 Å². The lowest BCUT2D eigenvalue weighted by Gasteiger charge is -2.38. The van der Waals surface area contributed by atoms with E-state index in [0.29, 0.717) is 19.6 Å². The first-order valence-corrected chi connectivity index (χ1v) is 6.96. The molecule has 0 bridgehead atoms. The van der Waals surface area contributed by atoms with E-state index >= 15 is 0 Å². The molecule has 1 rings (SSSR count). The number of hydrogen-bond donors (Lipinski definition) is 0. The number of rotatable bonds is 7. The minimum atomic E-state index is 0.204. The van der Waals surface area contributed by atoms with Crippen molar-refractivity contribution < 1.29 is 14.3 Å². The maximum atomic E-state index is 12.1. The molecule has 0 spiro atoms. The highest BCUT2D eigenvalue weighted by Crippen LogP contribution is 2.30. The average Bonchev–Trinajstić information content (AvgIpc) is 2.35. The Morgan fingerprint density at radius 3 is 2.61 bits per heavy atom. The number of carbonyl (C=O) groups excluding carboxylic acids is 1. The molecular weight excluding hydrogens is 230 g/mol. The minimum absolute atomic E-state index is 0.204. The maximum absolute atomic E-state index is 12.1. The molecule has 0 aliphatic carbocycles. The van der Waals surface area contributed by atoms with Gasteiger partial charge in [0, 0.05) is 39.8 Å². The van der Waals surface area contributed by atoms with Crippen molar-refractivity contribution >= 4 is 5.91 Å². The summed E-state index contributed by atoms with van der Waals surface area (Å²) in [5.41, 5.74) is 0.204. The van der Waals surface area contributed by atoms with Gasteiger partial charge in [-0.1, -0.05) is 13.8 Å². The van der Waals surface area contributed by atoms with Gasteiger partial charge in [0.15, 0.2) is 0 Å². The van der Waals surface area contributed by atoms with Crippen LogP contribution in [0.15, 0.2) is 0 Å². The zero-order valence-electron chi connectivity index (χ0n) is 12.0. The largest absolute Gasteiger partial charge is 0.383 e. The molecule has 106 valence electrons. The first-order valence-electron chi connectivity index (χ1n) is 6.96. The molecule has 1 aliphatic heterocycles. The standard InChI is InChI=1S/C14H27NO3/c1-4-5-13(16)15(8-11-17-3)12-14(2)6-9-18-10-7-14/h4-12H2,1-3H3. The summed E-state index contributed by atoms with van der Waals surface area (Å²) in [4.78, 5) is 14.1. The van der Waals surface area contributed by atoms with Crippen molar-refractivity contribution in [3.8, 4) is 0 Å². The number of nitrogens with zero attached hydrogens (tertiary/aromatic N) is 1. The van der Waals surface area contributed by atoms with Gasteiger partial charge < -0.3 is 14.4 Å². The van der Waals surface area contributed by atoms with Crippen LogP contribution < -0.4 is 0 Å². The molecule has 0 N–H and O–H groups in total. The van der Waals surface area contributed by atoms with Gasteiger partial charge >= 0.3 is 0 Å². The molecule has 1 amide bonds. The van der Waals surface area contributed by atoms with Crippen molar-refractivity contribution in [2.75, 3.05) is 40.0 Å². The molecule has 0 unspecified atom stereocenters.